The molecule has 2 atom stereocenters. The van der Waals surface area contributed by atoms with E-state index < -0.39 is 0 Å². The molecular formula is C44H86NO2+. The van der Waals surface area contributed by atoms with Crippen molar-refractivity contribution < 1.29 is 14.0 Å². The SMILES string of the molecule is CCCCCCCC/C=C\CCCCCCCCOCC1C[N+](C)(C)C[C@H]1COCCCCCCCC/C=C\CCCCCCCC. The molecule has 1 aliphatic rings. The molecule has 1 heterocycles. The molecule has 1 unspecified atom stereocenters. The number of allylic oxidation sites excluding steroid dienone is 4. The summed E-state index contributed by atoms with van der Waals surface area (Å²) in [6, 6.07) is 0. The second-order valence-corrected chi connectivity index (χ2v) is 15.8. The Bertz CT molecular complexity index is 630. The van der Waals surface area contributed by atoms with Crippen molar-refractivity contribution in [3.05, 3.63) is 24.3 Å². The standard InChI is InChI=1S/C44H86NO2/c1-5-7-9-11-13-15-17-19-21-23-25-27-29-31-33-35-37-46-41-43-39-45(3,4)40-44(43)42-47-38-36-34-32-30-28-26-24-22-20-18-16-14-12-10-8-6-2/h19-22,43-44H,5-18,23-42H2,1-4H3/q+1/b21-19-,22-20-/t43-,44?/m0/s1. The fourth-order valence-corrected chi connectivity index (χ4v) is 7.39. The van der Waals surface area contributed by atoms with Crippen LogP contribution in [0.4, 0.5) is 0 Å². The quantitative estimate of drug-likeness (QED) is 0.0378. The Morgan fingerprint density at radius 3 is 1.00 bits per heavy atom. The number of ether oxygens (including phenoxy) is 2. The fraction of sp³-hybridized carbons (Fsp3) is 0.909. The van der Waals surface area contributed by atoms with Gasteiger partial charge in [-0.15, -0.1) is 0 Å². The molecule has 0 aromatic heterocycles. The first kappa shape index (κ1) is 44.4. The lowest BCUT2D eigenvalue weighted by molar-refractivity contribution is -0.880. The summed E-state index contributed by atoms with van der Waals surface area (Å²) in [7, 11) is 4.76. The summed E-state index contributed by atoms with van der Waals surface area (Å²) in [4.78, 5) is 0. The van der Waals surface area contributed by atoms with Crippen molar-refractivity contribution in [1.82, 2.24) is 0 Å². The Morgan fingerprint density at radius 1 is 0.404 bits per heavy atom. The van der Waals surface area contributed by atoms with Crippen LogP contribution >= 0.6 is 0 Å². The number of unbranched alkanes of at least 4 members (excludes halogenated alkanes) is 24. The number of nitrogens with zero attached hydrogens (tertiary/aromatic N) is 1. The predicted molar refractivity (Wildman–Crippen MR) is 209 cm³/mol. The van der Waals surface area contributed by atoms with Crippen LogP contribution in [-0.4, -0.2) is 58.1 Å². The zero-order chi connectivity index (χ0) is 33.9. The van der Waals surface area contributed by atoms with E-state index in [0.717, 1.165) is 30.9 Å². The summed E-state index contributed by atoms with van der Waals surface area (Å²) in [6.45, 7) is 10.8. The highest BCUT2D eigenvalue weighted by molar-refractivity contribution is 4.82. The summed E-state index contributed by atoms with van der Waals surface area (Å²) in [5.74, 6) is 1.30. The van der Waals surface area contributed by atoms with Crippen molar-refractivity contribution in [3.63, 3.8) is 0 Å². The molecule has 0 aromatic rings. The van der Waals surface area contributed by atoms with Crippen LogP contribution < -0.4 is 0 Å². The third-order valence-electron chi connectivity index (χ3n) is 10.4. The van der Waals surface area contributed by atoms with Crippen molar-refractivity contribution in [2.45, 2.75) is 194 Å². The van der Waals surface area contributed by atoms with Gasteiger partial charge in [-0.1, -0.05) is 154 Å². The van der Waals surface area contributed by atoms with Gasteiger partial charge >= 0.3 is 0 Å². The van der Waals surface area contributed by atoms with Crippen molar-refractivity contribution in [2.24, 2.45) is 11.8 Å². The maximum Gasteiger partial charge on any atom is 0.0839 e. The van der Waals surface area contributed by atoms with Crippen molar-refractivity contribution in [3.8, 4) is 0 Å². The van der Waals surface area contributed by atoms with Gasteiger partial charge in [0.1, 0.15) is 0 Å². The molecule has 0 N–H and O–H groups in total. The van der Waals surface area contributed by atoms with Gasteiger partial charge < -0.3 is 14.0 Å². The van der Waals surface area contributed by atoms with Gasteiger partial charge in [0, 0.05) is 25.0 Å². The molecule has 0 amide bonds. The molecule has 1 rings (SSSR count). The molecule has 47 heavy (non-hydrogen) atoms. The van der Waals surface area contributed by atoms with E-state index in [1.165, 1.54) is 193 Å². The van der Waals surface area contributed by atoms with Gasteiger partial charge in [0.15, 0.2) is 0 Å². The van der Waals surface area contributed by atoms with Gasteiger partial charge in [0.2, 0.25) is 0 Å². The van der Waals surface area contributed by atoms with Gasteiger partial charge in [-0.05, 0) is 64.2 Å². The Labute approximate surface area is 296 Å². The minimum atomic E-state index is 0.652. The van der Waals surface area contributed by atoms with Gasteiger partial charge in [-0.3, -0.25) is 0 Å². The number of quaternary nitrogens is 1. The number of rotatable bonds is 36. The minimum Gasteiger partial charge on any atom is -0.381 e. The second kappa shape index (κ2) is 33.8. The lowest BCUT2D eigenvalue weighted by atomic mass is 9.98. The Balaban J connectivity index is 1.91. The van der Waals surface area contributed by atoms with Crippen LogP contribution in [0.2, 0.25) is 0 Å². The Kier molecular flexibility index (Phi) is 32.0. The molecule has 0 radical (unpaired) electrons. The van der Waals surface area contributed by atoms with E-state index in [9.17, 15) is 0 Å². The maximum atomic E-state index is 6.22. The van der Waals surface area contributed by atoms with Crippen molar-refractivity contribution in [1.29, 1.82) is 0 Å². The topological polar surface area (TPSA) is 18.5 Å². The molecule has 0 aliphatic carbocycles. The van der Waals surface area contributed by atoms with E-state index in [-0.39, 0.29) is 0 Å². The number of hydrogen-bond donors (Lipinski definition) is 0. The van der Waals surface area contributed by atoms with Crippen LogP contribution in [0, 0.1) is 11.8 Å². The first-order valence-corrected chi connectivity index (χ1v) is 21.4. The maximum absolute atomic E-state index is 6.22. The molecule has 0 bridgehead atoms. The highest BCUT2D eigenvalue weighted by Gasteiger charge is 2.40. The lowest BCUT2D eigenvalue weighted by Gasteiger charge is -2.23. The van der Waals surface area contributed by atoms with Gasteiger partial charge in [0.05, 0.1) is 40.4 Å². The summed E-state index contributed by atoms with van der Waals surface area (Å²) >= 11 is 0. The predicted octanol–water partition coefficient (Wildman–Crippen LogP) is 13.4. The first-order chi connectivity index (χ1) is 23.1. The number of hydrogen-bond acceptors (Lipinski definition) is 2. The Hall–Kier alpha value is -0.640. The molecule has 1 fully saturated rings. The zero-order valence-corrected chi connectivity index (χ0v) is 32.8. The second-order valence-electron chi connectivity index (χ2n) is 15.8. The van der Waals surface area contributed by atoms with E-state index in [1.54, 1.807) is 0 Å². The Morgan fingerprint density at radius 2 is 0.681 bits per heavy atom. The summed E-state index contributed by atoms with van der Waals surface area (Å²) in [6.07, 6.45) is 47.8. The lowest BCUT2D eigenvalue weighted by Crippen LogP contribution is -2.37. The highest BCUT2D eigenvalue weighted by atomic mass is 16.5. The average Bonchev–Trinajstić information content (AvgIpc) is 3.36. The third-order valence-corrected chi connectivity index (χ3v) is 10.4. The molecule has 3 nitrogen and oxygen atoms in total. The van der Waals surface area contributed by atoms with Crippen LogP contribution in [0.1, 0.15) is 194 Å². The van der Waals surface area contributed by atoms with Crippen molar-refractivity contribution in [2.75, 3.05) is 53.6 Å². The van der Waals surface area contributed by atoms with E-state index >= 15 is 0 Å². The van der Waals surface area contributed by atoms with E-state index in [1.807, 2.05) is 0 Å². The third kappa shape index (κ3) is 30.0. The molecule has 1 saturated heterocycles. The average molecular weight is 661 g/mol. The van der Waals surface area contributed by atoms with Crippen LogP contribution in [0.25, 0.3) is 0 Å². The first-order valence-electron chi connectivity index (χ1n) is 21.4. The van der Waals surface area contributed by atoms with Crippen LogP contribution in [0.3, 0.4) is 0 Å². The highest BCUT2D eigenvalue weighted by Crippen LogP contribution is 2.28. The molecule has 1 aliphatic heterocycles. The van der Waals surface area contributed by atoms with Crippen LogP contribution in [0.5, 0.6) is 0 Å². The van der Waals surface area contributed by atoms with Crippen molar-refractivity contribution >= 4 is 0 Å². The normalized spacial score (nSPS) is 18.0. The zero-order valence-electron chi connectivity index (χ0n) is 32.8. The van der Waals surface area contributed by atoms with Gasteiger partial charge in [-0.25, -0.2) is 0 Å². The molecule has 278 valence electrons. The van der Waals surface area contributed by atoms with Gasteiger partial charge in [0.25, 0.3) is 0 Å². The van der Waals surface area contributed by atoms with E-state index in [2.05, 4.69) is 52.2 Å². The van der Waals surface area contributed by atoms with Crippen LogP contribution in [-0.2, 0) is 9.47 Å². The minimum absolute atomic E-state index is 0.652. The van der Waals surface area contributed by atoms with E-state index in [4.69, 9.17) is 9.47 Å². The van der Waals surface area contributed by atoms with Crippen LogP contribution in [0.15, 0.2) is 24.3 Å². The molecule has 0 saturated carbocycles. The monoisotopic (exact) mass is 661 g/mol. The molecule has 0 spiro atoms. The fourth-order valence-electron chi connectivity index (χ4n) is 7.39. The smallest absolute Gasteiger partial charge is 0.0839 e. The summed E-state index contributed by atoms with van der Waals surface area (Å²) in [5.41, 5.74) is 0. The molecule has 3 heteroatoms. The molecule has 0 aromatic carbocycles. The van der Waals surface area contributed by atoms with Gasteiger partial charge in [-0.2, -0.15) is 0 Å². The summed E-state index contributed by atoms with van der Waals surface area (Å²) < 4.78 is 13.6. The summed E-state index contributed by atoms with van der Waals surface area (Å²) in [5, 5.41) is 0. The van der Waals surface area contributed by atoms with E-state index in [0.29, 0.717) is 11.8 Å². The molecular weight excluding hydrogens is 574 g/mol. The number of likely N-dealkylation sites (tertiary alicyclic amines) is 1. The largest absolute Gasteiger partial charge is 0.381 e.